The number of anilines is 2. The maximum atomic E-state index is 14.1. The predicted molar refractivity (Wildman–Crippen MR) is 131 cm³/mol. The number of piperidine rings is 1. The van der Waals surface area contributed by atoms with Crippen LogP contribution in [0.1, 0.15) is 30.1 Å². The fourth-order valence-electron chi connectivity index (χ4n) is 4.03. The summed E-state index contributed by atoms with van der Waals surface area (Å²) in [7, 11) is 1.44. The zero-order valence-corrected chi connectivity index (χ0v) is 20.4. The van der Waals surface area contributed by atoms with Gasteiger partial charge in [0.2, 0.25) is 0 Å². The minimum absolute atomic E-state index is 0.0407. The first kappa shape index (κ1) is 25.8. The van der Waals surface area contributed by atoms with E-state index in [1.807, 2.05) is 0 Å². The number of nitrogens with zero attached hydrogens (tertiary/aromatic N) is 3. The number of carbonyl (C=O) groups excluding carboxylic acids is 2. The van der Waals surface area contributed by atoms with Crippen molar-refractivity contribution in [3.8, 4) is 11.5 Å². The molecule has 1 aromatic heterocycles. The van der Waals surface area contributed by atoms with Crippen LogP contribution in [0, 0.1) is 17.6 Å². The van der Waals surface area contributed by atoms with Crippen molar-refractivity contribution in [3.63, 3.8) is 0 Å². The van der Waals surface area contributed by atoms with Gasteiger partial charge in [0.15, 0.2) is 23.0 Å². The summed E-state index contributed by atoms with van der Waals surface area (Å²) in [5.74, 6) is -2.73. The van der Waals surface area contributed by atoms with Crippen LogP contribution in [-0.2, 0) is 16.6 Å². The highest BCUT2D eigenvalue weighted by Gasteiger charge is 2.28. The summed E-state index contributed by atoms with van der Waals surface area (Å²) in [6.07, 6.45) is 2.28. The summed E-state index contributed by atoms with van der Waals surface area (Å²) in [5.41, 5.74) is 0.205. The molecule has 0 bridgehead atoms. The number of carbonyl (C=O) groups is 2. The highest BCUT2D eigenvalue weighted by atomic mass is 19.1. The molecule has 1 N–H and O–H groups in total. The van der Waals surface area contributed by atoms with Crippen molar-refractivity contribution in [1.29, 1.82) is 0 Å². The number of hydrogen-bond donors (Lipinski definition) is 1. The average molecular weight is 513 g/mol. The van der Waals surface area contributed by atoms with Gasteiger partial charge in [0.1, 0.15) is 5.82 Å². The van der Waals surface area contributed by atoms with Crippen molar-refractivity contribution in [1.82, 2.24) is 14.7 Å². The van der Waals surface area contributed by atoms with Crippen LogP contribution >= 0.6 is 0 Å². The minimum Gasteiger partial charge on any atom is -0.466 e. The van der Waals surface area contributed by atoms with Gasteiger partial charge in [0, 0.05) is 37.5 Å². The molecule has 2 heterocycles. The topological polar surface area (TPSA) is 103 Å². The lowest BCUT2D eigenvalue weighted by Crippen LogP contribution is -2.40. The van der Waals surface area contributed by atoms with Crippen molar-refractivity contribution in [2.75, 3.05) is 25.0 Å². The zero-order valence-electron chi connectivity index (χ0n) is 20.4. The van der Waals surface area contributed by atoms with E-state index in [9.17, 15) is 23.2 Å². The Hall–Kier alpha value is -4.28. The summed E-state index contributed by atoms with van der Waals surface area (Å²) < 4.78 is 39.1. The van der Waals surface area contributed by atoms with Crippen molar-refractivity contribution in [2.45, 2.75) is 19.8 Å². The quantitative estimate of drug-likeness (QED) is 0.477. The number of esters is 1. The van der Waals surface area contributed by atoms with Gasteiger partial charge in [-0.2, -0.15) is 5.10 Å². The second-order valence-corrected chi connectivity index (χ2v) is 8.51. The minimum atomic E-state index is -0.939. The maximum Gasteiger partial charge on any atom is 0.309 e. The molecule has 0 aliphatic carbocycles. The molecule has 2 aromatic carbocycles. The van der Waals surface area contributed by atoms with Gasteiger partial charge >= 0.3 is 5.97 Å². The lowest BCUT2D eigenvalue weighted by molar-refractivity contribution is -0.149. The second kappa shape index (κ2) is 11.2. The number of amides is 1. The van der Waals surface area contributed by atoms with Crippen molar-refractivity contribution < 1.29 is 27.8 Å². The Morgan fingerprint density at radius 1 is 1.11 bits per heavy atom. The molecule has 1 aliphatic heterocycles. The van der Waals surface area contributed by atoms with Gasteiger partial charge in [-0.1, -0.05) is 6.07 Å². The summed E-state index contributed by atoms with van der Waals surface area (Å²) in [6.45, 7) is 2.93. The van der Waals surface area contributed by atoms with Crippen LogP contribution in [0.3, 0.4) is 0 Å². The first-order chi connectivity index (χ1) is 17.8. The van der Waals surface area contributed by atoms with Gasteiger partial charge in [-0.15, -0.1) is 0 Å². The molecule has 194 valence electrons. The standard InChI is InChI=1S/C26H26F2N4O5/c1-3-36-26(35)16-9-11-32(12-10-16)24(33)17-5-4-6-19(13-17)30-23-22(15-29-31(2)25(23)34)37-21-8-7-18(27)14-20(21)28/h4-8,13-16,30H,3,9-12H2,1-2H3. The van der Waals surface area contributed by atoms with Crippen molar-refractivity contribution >= 4 is 23.3 Å². The number of aryl methyl sites for hydroxylation is 1. The van der Waals surface area contributed by atoms with E-state index in [0.717, 1.165) is 16.8 Å². The fourth-order valence-corrected chi connectivity index (χ4v) is 4.03. The SMILES string of the molecule is CCOC(=O)C1CCN(C(=O)c2cccc(Nc3c(Oc4ccc(F)cc4F)cnn(C)c3=O)c2)CC1. The lowest BCUT2D eigenvalue weighted by Gasteiger charge is -2.31. The highest BCUT2D eigenvalue weighted by molar-refractivity contribution is 5.95. The Bertz CT molecular complexity index is 1370. The van der Waals surface area contributed by atoms with Gasteiger partial charge in [-0.3, -0.25) is 14.4 Å². The van der Waals surface area contributed by atoms with Gasteiger partial charge in [-0.25, -0.2) is 13.5 Å². The van der Waals surface area contributed by atoms with E-state index in [-0.39, 0.29) is 35.0 Å². The molecular formula is C26H26F2N4O5. The predicted octanol–water partition coefficient (Wildman–Crippen LogP) is 4.01. The summed E-state index contributed by atoms with van der Waals surface area (Å²) in [5, 5.41) is 6.85. The lowest BCUT2D eigenvalue weighted by atomic mass is 9.96. The third-order valence-corrected chi connectivity index (χ3v) is 6.00. The molecule has 1 fully saturated rings. The van der Waals surface area contributed by atoms with Crippen LogP contribution in [0.2, 0.25) is 0 Å². The largest absolute Gasteiger partial charge is 0.466 e. The number of hydrogen-bond acceptors (Lipinski definition) is 7. The van der Waals surface area contributed by atoms with Gasteiger partial charge in [-0.05, 0) is 50.1 Å². The number of halogens is 2. The Labute approximate surface area is 211 Å². The van der Waals surface area contributed by atoms with Crippen molar-refractivity contribution in [3.05, 3.63) is 76.2 Å². The molecule has 11 heteroatoms. The molecule has 1 saturated heterocycles. The van der Waals surface area contributed by atoms with E-state index in [1.54, 1.807) is 36.1 Å². The van der Waals surface area contributed by atoms with E-state index >= 15 is 0 Å². The molecule has 3 aromatic rings. The molecule has 1 aliphatic rings. The number of nitrogens with one attached hydrogen (secondary N) is 1. The summed E-state index contributed by atoms with van der Waals surface area (Å²) >= 11 is 0. The molecule has 37 heavy (non-hydrogen) atoms. The zero-order chi connectivity index (χ0) is 26.5. The number of rotatable bonds is 7. The molecule has 0 atom stereocenters. The molecule has 9 nitrogen and oxygen atoms in total. The third-order valence-electron chi connectivity index (χ3n) is 6.00. The van der Waals surface area contributed by atoms with Crippen LogP contribution < -0.4 is 15.6 Å². The highest BCUT2D eigenvalue weighted by Crippen LogP contribution is 2.30. The summed E-state index contributed by atoms with van der Waals surface area (Å²) in [6, 6.07) is 9.37. The molecule has 4 rings (SSSR count). The Morgan fingerprint density at radius 3 is 2.57 bits per heavy atom. The molecule has 0 radical (unpaired) electrons. The monoisotopic (exact) mass is 512 g/mol. The second-order valence-electron chi connectivity index (χ2n) is 8.51. The van der Waals surface area contributed by atoms with Crippen LogP contribution in [-0.4, -0.2) is 46.3 Å². The number of benzene rings is 2. The van der Waals surface area contributed by atoms with E-state index in [2.05, 4.69) is 10.4 Å². The number of likely N-dealkylation sites (tertiary alicyclic amines) is 1. The fraction of sp³-hybridized carbons (Fsp3) is 0.308. The summed E-state index contributed by atoms with van der Waals surface area (Å²) in [4.78, 5) is 39.6. The van der Waals surface area contributed by atoms with E-state index in [0.29, 0.717) is 49.9 Å². The molecule has 1 amide bonds. The van der Waals surface area contributed by atoms with Crippen molar-refractivity contribution in [2.24, 2.45) is 13.0 Å². The van der Waals surface area contributed by atoms with E-state index in [4.69, 9.17) is 9.47 Å². The van der Waals surface area contributed by atoms with E-state index in [1.165, 1.54) is 13.2 Å². The molecule has 0 unspecified atom stereocenters. The Kier molecular flexibility index (Phi) is 7.80. The van der Waals surface area contributed by atoms with Gasteiger partial charge in [0.25, 0.3) is 11.5 Å². The Morgan fingerprint density at radius 2 is 1.86 bits per heavy atom. The molecule has 0 spiro atoms. The third kappa shape index (κ3) is 5.93. The Balaban J connectivity index is 1.52. The number of aromatic nitrogens is 2. The first-order valence-corrected chi connectivity index (χ1v) is 11.8. The number of ether oxygens (including phenoxy) is 2. The van der Waals surface area contributed by atoms with Crippen LogP contribution in [0.4, 0.5) is 20.2 Å². The van der Waals surface area contributed by atoms with Crippen LogP contribution in [0.5, 0.6) is 11.5 Å². The maximum absolute atomic E-state index is 14.1. The smallest absolute Gasteiger partial charge is 0.309 e. The van der Waals surface area contributed by atoms with Gasteiger partial charge < -0.3 is 19.7 Å². The molecular weight excluding hydrogens is 486 g/mol. The van der Waals surface area contributed by atoms with Crippen LogP contribution in [0.25, 0.3) is 0 Å². The molecule has 0 saturated carbocycles. The van der Waals surface area contributed by atoms with E-state index < -0.39 is 17.2 Å². The average Bonchev–Trinajstić information content (AvgIpc) is 2.89. The normalized spacial score (nSPS) is 13.8. The van der Waals surface area contributed by atoms with Crippen LogP contribution in [0.15, 0.2) is 53.5 Å². The van der Waals surface area contributed by atoms with Gasteiger partial charge in [0.05, 0.1) is 18.7 Å². The first-order valence-electron chi connectivity index (χ1n) is 11.8.